The van der Waals surface area contributed by atoms with E-state index in [0.29, 0.717) is 54.9 Å². The van der Waals surface area contributed by atoms with Gasteiger partial charge in [0.2, 0.25) is 0 Å². The van der Waals surface area contributed by atoms with Crippen LogP contribution >= 0.6 is 11.6 Å². The van der Waals surface area contributed by atoms with Crippen molar-refractivity contribution < 1.29 is 23.8 Å². The van der Waals surface area contributed by atoms with Crippen molar-refractivity contribution in [2.24, 2.45) is 0 Å². The van der Waals surface area contributed by atoms with Gasteiger partial charge in [0.05, 0.1) is 31.1 Å². The molecule has 0 bridgehead atoms. The molecule has 32 heavy (non-hydrogen) atoms. The number of carbonyl (C=O) groups is 2. The highest BCUT2D eigenvalue weighted by molar-refractivity contribution is 6.30. The molecule has 0 saturated carbocycles. The molecule has 8 heteroatoms. The van der Waals surface area contributed by atoms with Crippen molar-refractivity contribution in [1.29, 1.82) is 0 Å². The minimum Gasteiger partial charge on any atom is -0.478 e. The molecule has 0 unspecified atom stereocenters. The molecule has 172 valence electrons. The second kappa shape index (κ2) is 10.7. The Morgan fingerprint density at radius 3 is 2.47 bits per heavy atom. The van der Waals surface area contributed by atoms with E-state index >= 15 is 0 Å². The van der Waals surface area contributed by atoms with Crippen molar-refractivity contribution >= 4 is 34.9 Å². The Balaban J connectivity index is 1.79. The van der Waals surface area contributed by atoms with Crippen molar-refractivity contribution in [3.63, 3.8) is 0 Å². The van der Waals surface area contributed by atoms with Crippen molar-refractivity contribution in [3.8, 4) is 5.75 Å². The largest absolute Gasteiger partial charge is 0.478 e. The minimum atomic E-state index is -1.15. The van der Waals surface area contributed by atoms with Crippen molar-refractivity contribution in [2.45, 2.75) is 32.8 Å². The smallest absolute Gasteiger partial charge is 0.340 e. The van der Waals surface area contributed by atoms with E-state index in [2.05, 4.69) is 10.2 Å². The number of rotatable bonds is 8. The number of hydrogen-bond acceptors (Lipinski definition) is 6. The molecule has 0 aliphatic carbocycles. The van der Waals surface area contributed by atoms with Crippen LogP contribution in [0.5, 0.6) is 5.75 Å². The number of amides is 1. The lowest BCUT2D eigenvalue weighted by Gasteiger charge is -2.30. The molecule has 2 aromatic rings. The summed E-state index contributed by atoms with van der Waals surface area (Å²) in [7, 11) is 0. The molecular formula is C24H29ClN2O5. The summed E-state index contributed by atoms with van der Waals surface area (Å²) in [5.41, 5.74) is 0.515. The Kier molecular flexibility index (Phi) is 7.99. The first-order valence-corrected chi connectivity index (χ1v) is 11.1. The van der Waals surface area contributed by atoms with Gasteiger partial charge in [0.25, 0.3) is 5.91 Å². The first kappa shape index (κ1) is 23.9. The highest BCUT2D eigenvalue weighted by atomic mass is 35.5. The average molecular weight is 461 g/mol. The SMILES string of the molecule is CCCOC(=O)c1cc(NC(=O)C(C)(C)Oc2ccc(Cl)cc2)ccc1N1CCOCC1. The van der Waals surface area contributed by atoms with E-state index in [9.17, 15) is 9.59 Å². The van der Waals surface area contributed by atoms with E-state index in [1.807, 2.05) is 13.0 Å². The molecule has 1 amide bonds. The minimum absolute atomic E-state index is 0.333. The van der Waals surface area contributed by atoms with E-state index in [0.717, 1.165) is 12.1 Å². The Morgan fingerprint density at radius 2 is 1.81 bits per heavy atom. The summed E-state index contributed by atoms with van der Waals surface area (Å²) in [5, 5.41) is 3.44. The van der Waals surface area contributed by atoms with Gasteiger partial charge in [-0.05, 0) is 62.7 Å². The van der Waals surface area contributed by atoms with Crippen LogP contribution in [0.1, 0.15) is 37.6 Å². The monoisotopic (exact) mass is 460 g/mol. The highest BCUT2D eigenvalue weighted by Gasteiger charge is 2.30. The van der Waals surface area contributed by atoms with Gasteiger partial charge in [-0.2, -0.15) is 0 Å². The molecule has 7 nitrogen and oxygen atoms in total. The van der Waals surface area contributed by atoms with Gasteiger partial charge in [-0.3, -0.25) is 4.79 Å². The molecule has 1 fully saturated rings. The molecule has 2 aromatic carbocycles. The molecule has 0 aromatic heterocycles. The van der Waals surface area contributed by atoms with Crippen LogP contribution in [0.15, 0.2) is 42.5 Å². The molecule has 0 atom stereocenters. The Hall–Kier alpha value is -2.77. The van der Waals surface area contributed by atoms with Crippen LogP contribution < -0.4 is 15.0 Å². The summed E-state index contributed by atoms with van der Waals surface area (Å²) < 4.78 is 16.7. The standard InChI is InChI=1S/C24H29ClN2O5/c1-4-13-31-22(28)20-16-18(7-10-21(20)27-11-14-30-15-12-27)26-23(29)24(2,3)32-19-8-5-17(25)6-9-19/h5-10,16H,4,11-15H2,1-3H3,(H,26,29). The number of esters is 1. The molecule has 0 spiro atoms. The molecule has 1 saturated heterocycles. The average Bonchev–Trinajstić information content (AvgIpc) is 2.79. The van der Waals surface area contributed by atoms with E-state index in [1.54, 1.807) is 50.2 Å². The van der Waals surface area contributed by atoms with E-state index in [-0.39, 0.29) is 5.91 Å². The normalized spacial score (nSPS) is 14.1. The zero-order chi connectivity index (χ0) is 23.1. The van der Waals surface area contributed by atoms with Gasteiger partial charge in [0, 0.05) is 23.8 Å². The van der Waals surface area contributed by atoms with Crippen LogP contribution in [0.3, 0.4) is 0 Å². The second-order valence-corrected chi connectivity index (χ2v) is 8.42. The molecule has 0 radical (unpaired) electrons. The van der Waals surface area contributed by atoms with Crippen molar-refractivity contribution in [2.75, 3.05) is 43.1 Å². The zero-order valence-corrected chi connectivity index (χ0v) is 19.4. The number of anilines is 2. The van der Waals surface area contributed by atoms with Gasteiger partial charge >= 0.3 is 5.97 Å². The fourth-order valence-corrected chi connectivity index (χ4v) is 3.38. The summed E-state index contributed by atoms with van der Waals surface area (Å²) in [6, 6.07) is 12.1. The summed E-state index contributed by atoms with van der Waals surface area (Å²) in [5.74, 6) is -0.235. The maximum Gasteiger partial charge on any atom is 0.340 e. The van der Waals surface area contributed by atoms with Gasteiger partial charge in [-0.1, -0.05) is 18.5 Å². The number of benzene rings is 2. The summed E-state index contributed by atoms with van der Waals surface area (Å²) in [4.78, 5) is 27.8. The molecule has 3 rings (SSSR count). The topological polar surface area (TPSA) is 77.1 Å². The van der Waals surface area contributed by atoms with Gasteiger partial charge in [0.1, 0.15) is 5.75 Å². The predicted octanol–water partition coefficient (Wildman–Crippen LogP) is 4.54. The third-order valence-electron chi connectivity index (χ3n) is 5.00. The summed E-state index contributed by atoms with van der Waals surface area (Å²) >= 11 is 5.91. The molecule has 1 aliphatic rings. The first-order chi connectivity index (χ1) is 15.3. The number of morpholine rings is 1. The lowest BCUT2D eigenvalue weighted by Crippen LogP contribution is -2.42. The number of nitrogens with one attached hydrogen (secondary N) is 1. The number of carbonyl (C=O) groups excluding carboxylic acids is 2. The maximum absolute atomic E-state index is 12.9. The van der Waals surface area contributed by atoms with Crippen LogP contribution in [0.4, 0.5) is 11.4 Å². The zero-order valence-electron chi connectivity index (χ0n) is 18.7. The third-order valence-corrected chi connectivity index (χ3v) is 5.25. The fourth-order valence-electron chi connectivity index (χ4n) is 3.26. The fraction of sp³-hybridized carbons (Fsp3) is 0.417. The number of nitrogens with zero attached hydrogens (tertiary/aromatic N) is 1. The van der Waals surface area contributed by atoms with Gasteiger partial charge < -0.3 is 24.4 Å². The summed E-state index contributed by atoms with van der Waals surface area (Å²) in [6.07, 6.45) is 0.727. The second-order valence-electron chi connectivity index (χ2n) is 7.99. The number of ether oxygens (including phenoxy) is 3. The van der Waals surface area contributed by atoms with E-state index in [1.165, 1.54) is 0 Å². The van der Waals surface area contributed by atoms with Crippen LogP contribution in [-0.2, 0) is 14.3 Å². The quantitative estimate of drug-likeness (QED) is 0.583. The predicted molar refractivity (Wildman–Crippen MR) is 125 cm³/mol. The Labute approximate surface area is 193 Å². The third kappa shape index (κ3) is 6.14. The van der Waals surface area contributed by atoms with Gasteiger partial charge in [-0.25, -0.2) is 4.79 Å². The van der Waals surface area contributed by atoms with Crippen LogP contribution in [0.2, 0.25) is 5.02 Å². The molecule has 1 N–H and O–H groups in total. The van der Waals surface area contributed by atoms with Crippen molar-refractivity contribution in [3.05, 3.63) is 53.1 Å². The van der Waals surface area contributed by atoms with Crippen LogP contribution in [-0.4, -0.2) is 50.4 Å². The highest BCUT2D eigenvalue weighted by Crippen LogP contribution is 2.28. The van der Waals surface area contributed by atoms with E-state index in [4.69, 9.17) is 25.8 Å². The first-order valence-electron chi connectivity index (χ1n) is 10.7. The van der Waals surface area contributed by atoms with Gasteiger partial charge in [0.15, 0.2) is 5.60 Å². The molecule has 1 aliphatic heterocycles. The lowest BCUT2D eigenvalue weighted by molar-refractivity contribution is -0.128. The number of halogens is 1. The van der Waals surface area contributed by atoms with E-state index < -0.39 is 11.6 Å². The Bertz CT molecular complexity index is 940. The number of hydrogen-bond donors (Lipinski definition) is 1. The lowest BCUT2D eigenvalue weighted by atomic mass is 10.1. The van der Waals surface area contributed by atoms with Gasteiger partial charge in [-0.15, -0.1) is 0 Å². The van der Waals surface area contributed by atoms with Crippen LogP contribution in [0, 0.1) is 0 Å². The summed E-state index contributed by atoms with van der Waals surface area (Å²) in [6.45, 7) is 8.18. The molecule has 1 heterocycles. The molecular weight excluding hydrogens is 432 g/mol. The van der Waals surface area contributed by atoms with Crippen molar-refractivity contribution in [1.82, 2.24) is 0 Å². The maximum atomic E-state index is 12.9. The Morgan fingerprint density at radius 1 is 1.12 bits per heavy atom. The van der Waals surface area contributed by atoms with Crippen LogP contribution in [0.25, 0.3) is 0 Å².